The minimum Gasteiger partial charge on any atom is -0.353 e. The van der Waals surface area contributed by atoms with Crippen LogP contribution < -0.4 is 16.8 Å². The molecule has 0 saturated heterocycles. The van der Waals surface area contributed by atoms with Crippen molar-refractivity contribution in [3.8, 4) is 0 Å². The van der Waals surface area contributed by atoms with E-state index >= 15 is 0 Å². The Morgan fingerprint density at radius 1 is 1.43 bits per heavy atom. The van der Waals surface area contributed by atoms with E-state index in [2.05, 4.69) is 5.32 Å². The van der Waals surface area contributed by atoms with Crippen LogP contribution in [0.3, 0.4) is 0 Å². The maximum absolute atomic E-state index is 11.3. The molecule has 1 saturated carbocycles. The lowest BCUT2D eigenvalue weighted by Gasteiger charge is -2.20. The number of hydrogen-bond donors (Lipinski definition) is 3. The van der Waals surface area contributed by atoms with Crippen LogP contribution in [0, 0.1) is 0 Å². The highest BCUT2D eigenvalue weighted by molar-refractivity contribution is 5.89. The molecule has 0 aliphatic heterocycles. The second-order valence-corrected chi connectivity index (χ2v) is 4.33. The smallest absolute Gasteiger partial charge is 0.240 e. The third kappa shape index (κ3) is 5.00. The van der Waals surface area contributed by atoms with Crippen LogP contribution in [0.15, 0.2) is 0 Å². The Balaban J connectivity index is 0. The summed E-state index contributed by atoms with van der Waals surface area (Å²) in [5, 5.41) is 2.74. The predicted molar refractivity (Wildman–Crippen MR) is 61.9 cm³/mol. The highest BCUT2D eigenvalue weighted by Crippen LogP contribution is 2.32. The molecular formula is C8H19Cl2N3O. The average Bonchev–Trinajstić information content (AvgIpc) is 2.62. The first-order chi connectivity index (χ1) is 5.33. The van der Waals surface area contributed by atoms with Gasteiger partial charge in [-0.15, -0.1) is 24.8 Å². The van der Waals surface area contributed by atoms with Crippen LogP contribution in [0.1, 0.15) is 26.7 Å². The van der Waals surface area contributed by atoms with Gasteiger partial charge >= 0.3 is 0 Å². The van der Waals surface area contributed by atoms with Crippen LogP contribution in [-0.4, -0.2) is 23.5 Å². The molecule has 1 rings (SSSR count). The summed E-state index contributed by atoms with van der Waals surface area (Å²) in [5.41, 5.74) is 10.4. The average molecular weight is 244 g/mol. The molecule has 6 heteroatoms. The van der Waals surface area contributed by atoms with Crippen molar-refractivity contribution in [3.63, 3.8) is 0 Å². The van der Waals surface area contributed by atoms with E-state index in [0.717, 1.165) is 12.8 Å². The molecule has 0 atom stereocenters. The summed E-state index contributed by atoms with van der Waals surface area (Å²) in [6, 6.07) is 0. The summed E-state index contributed by atoms with van der Waals surface area (Å²) >= 11 is 0. The van der Waals surface area contributed by atoms with Crippen LogP contribution in [0.5, 0.6) is 0 Å². The van der Waals surface area contributed by atoms with E-state index in [0.29, 0.717) is 6.54 Å². The molecule has 0 spiro atoms. The monoisotopic (exact) mass is 243 g/mol. The van der Waals surface area contributed by atoms with Crippen LogP contribution in [-0.2, 0) is 4.79 Å². The molecule has 86 valence electrons. The number of halogens is 2. The molecule has 1 fully saturated rings. The fraction of sp³-hybridized carbons (Fsp3) is 0.875. The SMILES string of the molecule is CC(C)(N)CNC(=O)C1(N)CC1.Cl.Cl. The maximum Gasteiger partial charge on any atom is 0.240 e. The summed E-state index contributed by atoms with van der Waals surface area (Å²) in [4.78, 5) is 11.3. The first-order valence-electron chi connectivity index (χ1n) is 4.20. The van der Waals surface area contributed by atoms with Gasteiger partial charge < -0.3 is 16.8 Å². The number of carbonyl (C=O) groups is 1. The van der Waals surface area contributed by atoms with Gasteiger partial charge in [-0.3, -0.25) is 4.79 Å². The van der Waals surface area contributed by atoms with E-state index in [-0.39, 0.29) is 36.3 Å². The van der Waals surface area contributed by atoms with Crippen LogP contribution in [0.25, 0.3) is 0 Å². The minimum atomic E-state index is -0.578. The van der Waals surface area contributed by atoms with E-state index in [9.17, 15) is 4.79 Å². The lowest BCUT2D eigenvalue weighted by molar-refractivity contribution is -0.123. The summed E-state index contributed by atoms with van der Waals surface area (Å²) in [6.45, 7) is 4.21. The Hall–Kier alpha value is -0.0300. The molecule has 1 aliphatic rings. The predicted octanol–water partition coefficient (Wildman–Crippen LogP) is 0.175. The molecule has 0 radical (unpaired) electrons. The van der Waals surface area contributed by atoms with Crippen molar-refractivity contribution in [3.05, 3.63) is 0 Å². The zero-order valence-electron chi connectivity index (χ0n) is 8.50. The quantitative estimate of drug-likeness (QED) is 0.662. The molecule has 0 aromatic heterocycles. The Bertz CT molecular complexity index is 199. The molecule has 0 unspecified atom stereocenters. The molecule has 1 amide bonds. The van der Waals surface area contributed by atoms with Crippen molar-refractivity contribution in [2.75, 3.05) is 6.54 Å². The summed E-state index contributed by atoms with van der Waals surface area (Å²) in [5.74, 6) is -0.0685. The molecule has 0 aromatic carbocycles. The van der Waals surface area contributed by atoms with Crippen molar-refractivity contribution in [1.29, 1.82) is 0 Å². The molecular weight excluding hydrogens is 225 g/mol. The second-order valence-electron chi connectivity index (χ2n) is 4.33. The standard InChI is InChI=1S/C8H17N3O.2ClH/c1-7(2,9)5-11-6(12)8(10)3-4-8;;/h3-5,9-10H2,1-2H3,(H,11,12);2*1H. The van der Waals surface area contributed by atoms with Crippen molar-refractivity contribution in [2.45, 2.75) is 37.8 Å². The third-order valence-corrected chi connectivity index (χ3v) is 1.95. The largest absolute Gasteiger partial charge is 0.353 e. The van der Waals surface area contributed by atoms with Gasteiger partial charge in [0.2, 0.25) is 5.91 Å². The van der Waals surface area contributed by atoms with Gasteiger partial charge in [0.05, 0.1) is 5.54 Å². The van der Waals surface area contributed by atoms with Gasteiger partial charge in [-0.2, -0.15) is 0 Å². The molecule has 4 nitrogen and oxygen atoms in total. The number of hydrogen-bond acceptors (Lipinski definition) is 3. The Morgan fingerprint density at radius 2 is 1.86 bits per heavy atom. The summed E-state index contributed by atoms with van der Waals surface area (Å²) < 4.78 is 0. The van der Waals surface area contributed by atoms with Crippen molar-refractivity contribution in [1.82, 2.24) is 5.32 Å². The maximum atomic E-state index is 11.3. The molecule has 1 aliphatic carbocycles. The fourth-order valence-corrected chi connectivity index (χ4v) is 0.846. The first kappa shape index (κ1) is 16.4. The number of carbonyl (C=O) groups excluding carboxylic acids is 1. The highest BCUT2D eigenvalue weighted by atomic mass is 35.5. The number of amides is 1. The zero-order chi connectivity index (χ0) is 9.41. The molecule has 0 aromatic rings. The number of rotatable bonds is 3. The second kappa shape index (κ2) is 5.16. The first-order valence-corrected chi connectivity index (χ1v) is 4.20. The van der Waals surface area contributed by atoms with Crippen LogP contribution in [0.2, 0.25) is 0 Å². The van der Waals surface area contributed by atoms with Crippen molar-refractivity contribution in [2.24, 2.45) is 11.5 Å². The molecule has 0 heterocycles. The number of nitrogens with one attached hydrogen (secondary N) is 1. The fourth-order valence-electron chi connectivity index (χ4n) is 0.846. The van der Waals surface area contributed by atoms with E-state index in [4.69, 9.17) is 11.5 Å². The van der Waals surface area contributed by atoms with Gasteiger partial charge in [-0.1, -0.05) is 0 Å². The topological polar surface area (TPSA) is 81.1 Å². The Labute approximate surface area is 97.0 Å². The van der Waals surface area contributed by atoms with Crippen LogP contribution >= 0.6 is 24.8 Å². The lowest BCUT2D eigenvalue weighted by atomic mass is 10.1. The van der Waals surface area contributed by atoms with Crippen molar-refractivity contribution < 1.29 is 4.79 Å². The zero-order valence-corrected chi connectivity index (χ0v) is 10.1. The molecule has 0 bridgehead atoms. The van der Waals surface area contributed by atoms with Gasteiger partial charge in [0.1, 0.15) is 0 Å². The van der Waals surface area contributed by atoms with E-state index in [1.54, 1.807) is 0 Å². The van der Waals surface area contributed by atoms with Gasteiger partial charge in [-0.25, -0.2) is 0 Å². The Kier molecular flexibility index (Phi) is 6.05. The summed E-state index contributed by atoms with van der Waals surface area (Å²) in [7, 11) is 0. The minimum absolute atomic E-state index is 0. The van der Waals surface area contributed by atoms with Gasteiger partial charge in [0.15, 0.2) is 0 Å². The lowest BCUT2D eigenvalue weighted by Crippen LogP contribution is -2.50. The van der Waals surface area contributed by atoms with E-state index in [1.807, 2.05) is 13.8 Å². The van der Waals surface area contributed by atoms with Crippen LogP contribution in [0.4, 0.5) is 0 Å². The van der Waals surface area contributed by atoms with Crippen molar-refractivity contribution >= 4 is 30.7 Å². The van der Waals surface area contributed by atoms with E-state index in [1.165, 1.54) is 0 Å². The highest BCUT2D eigenvalue weighted by Gasteiger charge is 2.45. The van der Waals surface area contributed by atoms with Gasteiger partial charge in [-0.05, 0) is 26.7 Å². The Morgan fingerprint density at radius 3 is 2.14 bits per heavy atom. The third-order valence-electron chi connectivity index (χ3n) is 1.95. The van der Waals surface area contributed by atoms with Gasteiger partial charge in [0.25, 0.3) is 0 Å². The van der Waals surface area contributed by atoms with Gasteiger partial charge in [0, 0.05) is 12.1 Å². The summed E-state index contributed by atoms with van der Waals surface area (Å²) in [6.07, 6.45) is 1.59. The number of nitrogens with two attached hydrogens (primary N) is 2. The van der Waals surface area contributed by atoms with E-state index < -0.39 is 5.54 Å². The molecule has 5 N–H and O–H groups in total. The molecule has 14 heavy (non-hydrogen) atoms. The normalized spacial score (nSPS) is 17.4.